The monoisotopic (exact) mass is 774 g/mol. The molecule has 0 heterocycles. The van der Waals surface area contributed by atoms with Crippen LogP contribution in [0.3, 0.4) is 0 Å². The molecule has 0 bridgehead atoms. The van der Waals surface area contributed by atoms with Gasteiger partial charge < -0.3 is 9.80 Å². The van der Waals surface area contributed by atoms with Crippen molar-refractivity contribution in [1.82, 2.24) is 0 Å². The molecular formula is C58H50N2. The Kier molecular flexibility index (Phi) is 9.94. The molecule has 0 fully saturated rings. The maximum Gasteiger partial charge on any atom is 0.0465 e. The molecule has 0 aliphatic heterocycles. The van der Waals surface area contributed by atoms with E-state index in [2.05, 4.69) is 257 Å². The lowest BCUT2D eigenvalue weighted by Crippen LogP contribution is -2.16. The van der Waals surface area contributed by atoms with Crippen LogP contribution in [0, 0.1) is 0 Å². The van der Waals surface area contributed by atoms with E-state index in [0.29, 0.717) is 0 Å². The van der Waals surface area contributed by atoms with Crippen molar-refractivity contribution in [1.29, 1.82) is 0 Å². The summed E-state index contributed by atoms with van der Waals surface area (Å²) in [4.78, 5) is 4.72. The first-order valence-electron chi connectivity index (χ1n) is 20.8. The number of hydrogen-bond acceptors (Lipinski definition) is 2. The molecule has 2 heteroatoms. The zero-order valence-electron chi connectivity index (χ0n) is 34.9. The SMILES string of the molecule is C=C.CC1(C)c2ccccc2-c2ccc(N(c3ccccc3)c3ccc(/C=C/c4ccc5c(c4)C(C)(C)c4cc(N(c6ccccc6)c6ccccc6)ccc4-5)cc3)cc21. The summed E-state index contributed by atoms with van der Waals surface area (Å²) in [6.45, 7) is 15.4. The fourth-order valence-electron chi connectivity index (χ4n) is 9.37. The van der Waals surface area contributed by atoms with Gasteiger partial charge >= 0.3 is 0 Å². The highest BCUT2D eigenvalue weighted by Gasteiger charge is 2.37. The van der Waals surface area contributed by atoms with E-state index in [1.165, 1.54) is 50.1 Å². The number of fused-ring (bicyclic) bond motifs is 6. The summed E-state index contributed by atoms with van der Waals surface area (Å²) >= 11 is 0. The number of rotatable bonds is 8. The maximum absolute atomic E-state index is 3.00. The van der Waals surface area contributed by atoms with Crippen molar-refractivity contribution >= 4 is 46.3 Å². The Balaban J connectivity index is 0.00000228. The van der Waals surface area contributed by atoms with E-state index in [1.54, 1.807) is 0 Å². The Bertz CT molecular complexity index is 2790. The molecule has 10 rings (SSSR count). The first kappa shape index (κ1) is 38.4. The number of anilines is 6. The lowest BCUT2D eigenvalue weighted by Gasteiger charge is -2.28. The van der Waals surface area contributed by atoms with E-state index in [-0.39, 0.29) is 10.8 Å². The molecule has 0 radical (unpaired) electrons. The fourth-order valence-corrected chi connectivity index (χ4v) is 9.37. The molecule has 0 spiro atoms. The summed E-state index contributed by atoms with van der Waals surface area (Å²) < 4.78 is 0. The maximum atomic E-state index is 3.00. The highest BCUT2D eigenvalue weighted by atomic mass is 15.1. The van der Waals surface area contributed by atoms with E-state index in [1.807, 2.05) is 0 Å². The third-order valence-corrected chi connectivity index (χ3v) is 12.4. The van der Waals surface area contributed by atoms with Gasteiger partial charge in [-0.25, -0.2) is 0 Å². The van der Waals surface area contributed by atoms with Crippen molar-refractivity contribution in [3.8, 4) is 22.3 Å². The van der Waals surface area contributed by atoms with Gasteiger partial charge in [-0.15, -0.1) is 13.2 Å². The van der Waals surface area contributed by atoms with Crippen LogP contribution in [0.2, 0.25) is 0 Å². The lowest BCUT2D eigenvalue weighted by atomic mass is 9.81. The van der Waals surface area contributed by atoms with E-state index in [4.69, 9.17) is 0 Å². The van der Waals surface area contributed by atoms with Gasteiger partial charge in [0.05, 0.1) is 0 Å². The molecule has 2 aliphatic rings. The van der Waals surface area contributed by atoms with Crippen molar-refractivity contribution in [3.05, 3.63) is 241 Å². The summed E-state index contributed by atoms with van der Waals surface area (Å²) in [6.07, 6.45) is 4.49. The van der Waals surface area contributed by atoms with Gasteiger partial charge in [-0.2, -0.15) is 0 Å². The van der Waals surface area contributed by atoms with Gasteiger partial charge in [0, 0.05) is 45.0 Å². The molecule has 0 amide bonds. The van der Waals surface area contributed by atoms with Crippen molar-refractivity contribution in [2.75, 3.05) is 9.80 Å². The van der Waals surface area contributed by atoms with Crippen LogP contribution >= 0.6 is 0 Å². The normalized spacial score (nSPS) is 13.7. The lowest BCUT2D eigenvalue weighted by molar-refractivity contribution is 0.660. The van der Waals surface area contributed by atoms with Crippen molar-refractivity contribution < 1.29 is 0 Å². The van der Waals surface area contributed by atoms with Crippen LogP contribution in [0.15, 0.2) is 207 Å². The molecule has 8 aromatic rings. The van der Waals surface area contributed by atoms with Gasteiger partial charge in [0.25, 0.3) is 0 Å². The highest BCUT2D eigenvalue weighted by Crippen LogP contribution is 2.52. The molecular weight excluding hydrogens is 725 g/mol. The number of benzene rings is 8. The largest absolute Gasteiger partial charge is 0.310 e. The summed E-state index contributed by atoms with van der Waals surface area (Å²) in [7, 11) is 0. The van der Waals surface area contributed by atoms with Crippen LogP contribution in [0.4, 0.5) is 34.1 Å². The molecule has 0 unspecified atom stereocenters. The molecule has 292 valence electrons. The minimum absolute atomic E-state index is 0.0661. The van der Waals surface area contributed by atoms with Crippen LogP contribution in [0.25, 0.3) is 34.4 Å². The van der Waals surface area contributed by atoms with Gasteiger partial charge in [0.15, 0.2) is 0 Å². The van der Waals surface area contributed by atoms with Crippen molar-refractivity contribution in [2.24, 2.45) is 0 Å². The molecule has 0 N–H and O–H groups in total. The predicted molar refractivity (Wildman–Crippen MR) is 258 cm³/mol. The Labute approximate surface area is 356 Å². The Morgan fingerprint density at radius 1 is 0.317 bits per heavy atom. The van der Waals surface area contributed by atoms with Crippen molar-refractivity contribution in [2.45, 2.75) is 38.5 Å². The van der Waals surface area contributed by atoms with Gasteiger partial charge in [-0.1, -0.05) is 161 Å². The van der Waals surface area contributed by atoms with E-state index in [9.17, 15) is 0 Å². The predicted octanol–water partition coefficient (Wildman–Crippen LogP) is 16.2. The standard InChI is InChI=1S/C56H46N2.C2H4/c1-55(2)51-23-15-14-22-47(51)49-34-31-46(37-53(49)55)58(43-20-12-7-13-21-43)44-29-26-39(27-30-44)24-25-40-28-33-48-50-35-32-45(38-54(50)56(3,4)52(48)36-40)57(41-16-8-5-9-17-41)42-18-10-6-11-19-42;1-2/h5-38H,1-4H3;1-2H2/b25-24+;. The first-order chi connectivity index (χ1) is 29.3. The molecule has 60 heavy (non-hydrogen) atoms. The van der Waals surface area contributed by atoms with Crippen LogP contribution < -0.4 is 9.80 Å². The average molecular weight is 775 g/mol. The molecule has 0 saturated heterocycles. The van der Waals surface area contributed by atoms with Gasteiger partial charge in [0.2, 0.25) is 0 Å². The third-order valence-electron chi connectivity index (χ3n) is 12.4. The zero-order chi connectivity index (χ0) is 41.4. The molecule has 2 nitrogen and oxygen atoms in total. The number of nitrogens with zero attached hydrogens (tertiary/aromatic N) is 2. The van der Waals surface area contributed by atoms with Crippen LogP contribution in [-0.4, -0.2) is 0 Å². The molecule has 8 aromatic carbocycles. The van der Waals surface area contributed by atoms with Crippen LogP contribution in [0.1, 0.15) is 61.1 Å². The van der Waals surface area contributed by atoms with Crippen LogP contribution in [-0.2, 0) is 10.8 Å². The Hall–Kier alpha value is -7.16. The Morgan fingerprint density at radius 2 is 0.650 bits per heavy atom. The van der Waals surface area contributed by atoms with E-state index in [0.717, 1.165) is 39.7 Å². The van der Waals surface area contributed by atoms with Gasteiger partial charge in [0.1, 0.15) is 0 Å². The summed E-state index contributed by atoms with van der Waals surface area (Å²) in [5.74, 6) is 0. The third kappa shape index (κ3) is 6.65. The highest BCUT2D eigenvalue weighted by molar-refractivity contribution is 5.88. The fraction of sp³-hybridized carbons (Fsp3) is 0.103. The second kappa shape index (κ2) is 15.5. The quantitative estimate of drug-likeness (QED) is 0.112. The minimum Gasteiger partial charge on any atom is -0.310 e. The summed E-state index contributed by atoms with van der Waals surface area (Å²) in [6, 6.07) is 70.7. The van der Waals surface area contributed by atoms with E-state index < -0.39 is 0 Å². The summed E-state index contributed by atoms with van der Waals surface area (Å²) in [5.41, 5.74) is 19.8. The Morgan fingerprint density at radius 3 is 1.15 bits per heavy atom. The molecule has 2 aliphatic carbocycles. The second-order valence-electron chi connectivity index (χ2n) is 16.7. The first-order valence-corrected chi connectivity index (χ1v) is 20.8. The number of hydrogen-bond donors (Lipinski definition) is 0. The van der Waals surface area contributed by atoms with Crippen LogP contribution in [0.5, 0.6) is 0 Å². The molecule has 0 aromatic heterocycles. The van der Waals surface area contributed by atoms with Crippen molar-refractivity contribution in [3.63, 3.8) is 0 Å². The minimum atomic E-state index is -0.151. The topological polar surface area (TPSA) is 6.48 Å². The molecule has 0 saturated carbocycles. The number of para-hydroxylation sites is 3. The summed E-state index contributed by atoms with van der Waals surface area (Å²) in [5, 5.41) is 0. The average Bonchev–Trinajstić information content (AvgIpc) is 3.66. The van der Waals surface area contributed by atoms with Gasteiger partial charge in [-0.3, -0.25) is 0 Å². The smallest absolute Gasteiger partial charge is 0.0465 e. The molecule has 0 atom stereocenters. The van der Waals surface area contributed by atoms with E-state index >= 15 is 0 Å². The second-order valence-corrected chi connectivity index (χ2v) is 16.7. The zero-order valence-corrected chi connectivity index (χ0v) is 34.9. The van der Waals surface area contributed by atoms with Gasteiger partial charge in [-0.05, 0) is 128 Å².